The minimum absolute atomic E-state index is 0.114. The molecule has 1 N–H and O–H groups in total. The zero-order valence-electron chi connectivity index (χ0n) is 16.5. The molecule has 0 unspecified atom stereocenters. The third-order valence-electron chi connectivity index (χ3n) is 5.01. The fourth-order valence-corrected chi connectivity index (χ4v) is 3.55. The third kappa shape index (κ3) is 6.38. The van der Waals surface area contributed by atoms with Crippen LogP contribution in [0.1, 0.15) is 57.3 Å². The predicted molar refractivity (Wildman–Crippen MR) is 102 cm³/mol. The Balaban J connectivity index is 1.85. The first-order valence-corrected chi connectivity index (χ1v) is 9.50. The molecule has 6 nitrogen and oxygen atoms in total. The fourth-order valence-electron chi connectivity index (χ4n) is 3.55. The van der Waals surface area contributed by atoms with Gasteiger partial charge < -0.3 is 14.8 Å². The molecule has 6 heteroatoms. The zero-order chi connectivity index (χ0) is 20.0. The number of anilines is 1. The summed E-state index contributed by atoms with van der Waals surface area (Å²) in [5.41, 5.74) is 0.896. The Morgan fingerprint density at radius 1 is 1.15 bits per heavy atom. The smallest absolute Gasteiger partial charge is 0.344 e. The summed E-state index contributed by atoms with van der Waals surface area (Å²) >= 11 is 0. The molecule has 0 radical (unpaired) electrons. The number of hydrogen-bond acceptors (Lipinski definition) is 5. The average molecular weight is 375 g/mol. The summed E-state index contributed by atoms with van der Waals surface area (Å²) in [6.07, 6.45) is 2.95. The van der Waals surface area contributed by atoms with E-state index in [0.717, 1.165) is 19.3 Å². The molecule has 1 aliphatic rings. The summed E-state index contributed by atoms with van der Waals surface area (Å²) in [4.78, 5) is 35.2. The van der Waals surface area contributed by atoms with Crippen LogP contribution in [0.25, 0.3) is 0 Å². The second-order valence-electron chi connectivity index (χ2n) is 7.69. The highest BCUT2D eigenvalue weighted by Gasteiger charge is 2.33. The number of nitrogens with one attached hydrogen (secondary N) is 1. The summed E-state index contributed by atoms with van der Waals surface area (Å²) in [6.45, 7) is 7.47. The summed E-state index contributed by atoms with van der Waals surface area (Å²) in [6, 6.07) is 6.28. The van der Waals surface area contributed by atoms with Gasteiger partial charge in [0.15, 0.2) is 6.61 Å². The van der Waals surface area contributed by atoms with Crippen LogP contribution in [0.2, 0.25) is 0 Å². The maximum atomic E-state index is 12.2. The minimum Gasteiger partial charge on any atom is -0.460 e. The number of ether oxygens (including phenoxy) is 2. The van der Waals surface area contributed by atoms with E-state index in [4.69, 9.17) is 9.47 Å². The first-order chi connectivity index (χ1) is 12.8. The molecule has 1 fully saturated rings. The van der Waals surface area contributed by atoms with Crippen LogP contribution >= 0.6 is 0 Å². The lowest BCUT2D eigenvalue weighted by atomic mass is 9.75. The van der Waals surface area contributed by atoms with Gasteiger partial charge in [0.2, 0.25) is 5.91 Å². The Bertz CT molecular complexity index is 668. The lowest BCUT2D eigenvalue weighted by Crippen LogP contribution is -2.36. The summed E-state index contributed by atoms with van der Waals surface area (Å²) in [5.74, 6) is 0.0242. The molecule has 27 heavy (non-hydrogen) atoms. The monoisotopic (exact) mass is 375 g/mol. The van der Waals surface area contributed by atoms with Crippen molar-refractivity contribution < 1.29 is 23.9 Å². The van der Waals surface area contributed by atoms with Crippen LogP contribution in [-0.2, 0) is 19.1 Å². The van der Waals surface area contributed by atoms with Crippen LogP contribution in [0, 0.1) is 17.8 Å². The van der Waals surface area contributed by atoms with Gasteiger partial charge in [0.05, 0.1) is 5.56 Å². The van der Waals surface area contributed by atoms with Crippen molar-refractivity contribution in [2.24, 2.45) is 17.8 Å². The number of amides is 1. The van der Waals surface area contributed by atoms with Gasteiger partial charge in [0.25, 0.3) is 0 Å². The molecule has 148 valence electrons. The predicted octanol–water partition coefficient (Wildman–Crippen LogP) is 3.81. The number of carbonyl (C=O) groups excluding carboxylic acids is 3. The van der Waals surface area contributed by atoms with Crippen molar-refractivity contribution in [1.82, 2.24) is 0 Å². The fraction of sp³-hybridized carbons (Fsp3) is 0.571. The molecule has 0 bridgehead atoms. The number of rotatable bonds is 6. The molecule has 0 aliphatic heterocycles. The van der Waals surface area contributed by atoms with E-state index < -0.39 is 18.5 Å². The van der Waals surface area contributed by atoms with Gasteiger partial charge in [-0.05, 0) is 54.9 Å². The molecule has 3 atom stereocenters. The molecule has 1 saturated carbocycles. The first kappa shape index (κ1) is 20.9. The lowest BCUT2D eigenvalue weighted by Gasteiger charge is -2.36. The van der Waals surface area contributed by atoms with Gasteiger partial charge in [-0.25, -0.2) is 9.59 Å². The Morgan fingerprint density at radius 2 is 1.81 bits per heavy atom. The first-order valence-electron chi connectivity index (χ1n) is 9.50. The maximum absolute atomic E-state index is 12.2. The van der Waals surface area contributed by atoms with Crippen molar-refractivity contribution in [1.29, 1.82) is 0 Å². The highest BCUT2D eigenvalue weighted by atomic mass is 16.6. The van der Waals surface area contributed by atoms with Gasteiger partial charge in [-0.15, -0.1) is 0 Å². The molecule has 0 saturated heterocycles. The Labute approximate surface area is 160 Å². The topological polar surface area (TPSA) is 81.7 Å². The van der Waals surface area contributed by atoms with Crippen LogP contribution in [0.5, 0.6) is 0 Å². The summed E-state index contributed by atoms with van der Waals surface area (Å²) < 4.78 is 10.7. The number of carbonyl (C=O) groups is 3. The highest BCUT2D eigenvalue weighted by Crippen LogP contribution is 2.35. The second-order valence-corrected chi connectivity index (χ2v) is 7.69. The molecule has 1 aromatic carbocycles. The van der Waals surface area contributed by atoms with Crippen LogP contribution in [-0.4, -0.2) is 30.6 Å². The Morgan fingerprint density at radius 3 is 2.41 bits per heavy atom. The van der Waals surface area contributed by atoms with Gasteiger partial charge in [-0.2, -0.15) is 0 Å². The highest BCUT2D eigenvalue weighted by molar-refractivity contribution is 5.92. The van der Waals surface area contributed by atoms with Gasteiger partial charge in [0, 0.05) is 12.6 Å². The van der Waals surface area contributed by atoms with E-state index in [-0.39, 0.29) is 12.0 Å². The van der Waals surface area contributed by atoms with Crippen LogP contribution in [0.15, 0.2) is 24.3 Å². The van der Waals surface area contributed by atoms with Crippen molar-refractivity contribution in [3.8, 4) is 0 Å². The van der Waals surface area contributed by atoms with Gasteiger partial charge in [-0.1, -0.05) is 27.2 Å². The van der Waals surface area contributed by atoms with Gasteiger partial charge in [0.1, 0.15) is 6.10 Å². The van der Waals surface area contributed by atoms with Gasteiger partial charge in [-0.3, -0.25) is 4.79 Å². The molecule has 1 amide bonds. The van der Waals surface area contributed by atoms with Crippen molar-refractivity contribution in [3.05, 3.63) is 29.8 Å². The standard InChI is InChI=1S/C21H29NO5/c1-13(2)18-10-5-14(3)11-19(18)27-20(24)12-26-21(25)16-6-8-17(9-7-16)22-15(4)23/h6-9,13-14,18-19H,5,10-12H2,1-4H3,(H,22,23)/t14-,18-,19+/m0/s1. The lowest BCUT2D eigenvalue weighted by molar-refractivity contribution is -0.159. The molecule has 1 aliphatic carbocycles. The SMILES string of the molecule is CC(=O)Nc1ccc(C(=O)OCC(=O)O[C@@H]2C[C@@H](C)CC[C@H]2C(C)C)cc1. The largest absolute Gasteiger partial charge is 0.460 e. The normalized spacial score (nSPS) is 22.2. The van der Waals surface area contributed by atoms with E-state index in [9.17, 15) is 14.4 Å². The second kappa shape index (κ2) is 9.53. The van der Waals surface area contributed by atoms with Gasteiger partial charge >= 0.3 is 11.9 Å². The molecular formula is C21H29NO5. The molecule has 0 aromatic heterocycles. The Kier molecular flexibility index (Phi) is 7.39. The van der Waals surface area contributed by atoms with Crippen molar-refractivity contribution in [3.63, 3.8) is 0 Å². The van der Waals surface area contributed by atoms with E-state index in [1.165, 1.54) is 19.1 Å². The average Bonchev–Trinajstić information content (AvgIpc) is 2.59. The number of benzene rings is 1. The molecule has 1 aromatic rings. The van der Waals surface area contributed by atoms with Crippen molar-refractivity contribution >= 4 is 23.5 Å². The molecule has 2 rings (SSSR count). The van der Waals surface area contributed by atoms with E-state index >= 15 is 0 Å². The van der Waals surface area contributed by atoms with E-state index in [2.05, 4.69) is 26.1 Å². The number of esters is 2. The minimum atomic E-state index is -0.598. The zero-order valence-corrected chi connectivity index (χ0v) is 16.5. The summed E-state index contributed by atoms with van der Waals surface area (Å²) in [5, 5.41) is 2.62. The molecule has 0 heterocycles. The van der Waals surface area contributed by atoms with E-state index in [1.807, 2.05) is 0 Å². The quantitative estimate of drug-likeness (QED) is 0.765. The van der Waals surface area contributed by atoms with Crippen molar-refractivity contribution in [2.75, 3.05) is 11.9 Å². The van der Waals surface area contributed by atoms with Crippen LogP contribution in [0.3, 0.4) is 0 Å². The maximum Gasteiger partial charge on any atom is 0.344 e. The molecule has 0 spiro atoms. The van der Waals surface area contributed by atoms with Crippen LogP contribution < -0.4 is 5.32 Å². The Hall–Kier alpha value is -2.37. The van der Waals surface area contributed by atoms with Crippen molar-refractivity contribution in [2.45, 2.75) is 53.1 Å². The van der Waals surface area contributed by atoms with E-state index in [0.29, 0.717) is 29.0 Å². The third-order valence-corrected chi connectivity index (χ3v) is 5.01. The summed E-state index contributed by atoms with van der Waals surface area (Å²) in [7, 11) is 0. The van der Waals surface area contributed by atoms with E-state index in [1.54, 1.807) is 12.1 Å². The molecular weight excluding hydrogens is 346 g/mol. The van der Waals surface area contributed by atoms with Crippen LogP contribution in [0.4, 0.5) is 5.69 Å². The number of hydrogen-bond donors (Lipinski definition) is 1.